The van der Waals surface area contributed by atoms with Crippen LogP contribution in [0.1, 0.15) is 21.5 Å². The maximum absolute atomic E-state index is 12.7. The number of para-hydroxylation sites is 1. The molecular formula is C23H20N4O. The smallest absolute Gasteiger partial charge is 0.255 e. The van der Waals surface area contributed by atoms with E-state index in [1.807, 2.05) is 62.4 Å². The Labute approximate surface area is 163 Å². The predicted molar refractivity (Wildman–Crippen MR) is 113 cm³/mol. The van der Waals surface area contributed by atoms with Crippen LogP contribution in [0, 0.1) is 13.8 Å². The van der Waals surface area contributed by atoms with E-state index < -0.39 is 0 Å². The van der Waals surface area contributed by atoms with Gasteiger partial charge in [0, 0.05) is 29.0 Å². The molecule has 2 aromatic heterocycles. The SMILES string of the molecule is Cc1ccc(NC(=O)c2ccnc(Nc3cccc4cccnc34)c2)c(C)c1. The first kappa shape index (κ1) is 17.7. The quantitative estimate of drug-likeness (QED) is 0.517. The second kappa shape index (κ2) is 7.48. The van der Waals surface area contributed by atoms with Gasteiger partial charge in [0.05, 0.1) is 11.2 Å². The topological polar surface area (TPSA) is 66.9 Å². The van der Waals surface area contributed by atoms with Gasteiger partial charge in [-0.15, -0.1) is 0 Å². The number of hydrogen-bond donors (Lipinski definition) is 2. The zero-order valence-electron chi connectivity index (χ0n) is 15.7. The standard InChI is InChI=1S/C23H20N4O/c1-15-8-9-19(16(2)13-15)27-23(28)18-10-12-24-21(14-18)26-20-7-3-5-17-6-4-11-25-22(17)20/h3-14H,1-2H3,(H,24,26)(H,27,28). The summed E-state index contributed by atoms with van der Waals surface area (Å²) in [4.78, 5) is 21.5. The lowest BCUT2D eigenvalue weighted by Gasteiger charge is -2.11. The van der Waals surface area contributed by atoms with Gasteiger partial charge in [0.15, 0.2) is 0 Å². The normalized spacial score (nSPS) is 10.6. The van der Waals surface area contributed by atoms with Crippen LogP contribution in [-0.4, -0.2) is 15.9 Å². The summed E-state index contributed by atoms with van der Waals surface area (Å²) in [5.74, 6) is 0.417. The van der Waals surface area contributed by atoms with E-state index in [2.05, 4.69) is 20.6 Å². The van der Waals surface area contributed by atoms with E-state index in [1.54, 1.807) is 24.5 Å². The van der Waals surface area contributed by atoms with Crippen LogP contribution < -0.4 is 10.6 Å². The minimum Gasteiger partial charge on any atom is -0.338 e. The fourth-order valence-corrected chi connectivity index (χ4v) is 3.13. The minimum absolute atomic E-state index is 0.173. The summed E-state index contributed by atoms with van der Waals surface area (Å²) in [5.41, 5.74) is 5.23. The second-order valence-corrected chi connectivity index (χ2v) is 6.71. The molecule has 0 aliphatic carbocycles. The van der Waals surface area contributed by atoms with E-state index in [4.69, 9.17) is 0 Å². The molecule has 0 fully saturated rings. The van der Waals surface area contributed by atoms with Crippen molar-refractivity contribution in [2.24, 2.45) is 0 Å². The Balaban J connectivity index is 1.58. The van der Waals surface area contributed by atoms with Crippen LogP contribution in [-0.2, 0) is 0 Å². The van der Waals surface area contributed by atoms with E-state index in [9.17, 15) is 4.79 Å². The van der Waals surface area contributed by atoms with Crippen molar-refractivity contribution < 1.29 is 4.79 Å². The van der Waals surface area contributed by atoms with Gasteiger partial charge < -0.3 is 10.6 Å². The molecule has 2 aromatic carbocycles. The average molecular weight is 368 g/mol. The first-order valence-corrected chi connectivity index (χ1v) is 9.05. The number of nitrogens with one attached hydrogen (secondary N) is 2. The number of benzene rings is 2. The molecule has 0 saturated heterocycles. The zero-order chi connectivity index (χ0) is 19.5. The van der Waals surface area contributed by atoms with Gasteiger partial charge in [-0.3, -0.25) is 9.78 Å². The van der Waals surface area contributed by atoms with Crippen molar-refractivity contribution in [1.82, 2.24) is 9.97 Å². The Hall–Kier alpha value is -3.73. The fourth-order valence-electron chi connectivity index (χ4n) is 3.13. The Morgan fingerprint density at radius 2 is 1.71 bits per heavy atom. The summed E-state index contributed by atoms with van der Waals surface area (Å²) in [7, 11) is 0. The number of carbonyl (C=O) groups is 1. The summed E-state index contributed by atoms with van der Waals surface area (Å²) >= 11 is 0. The number of anilines is 3. The number of amides is 1. The number of pyridine rings is 2. The molecule has 0 radical (unpaired) electrons. The van der Waals surface area contributed by atoms with Gasteiger partial charge in [-0.2, -0.15) is 0 Å². The van der Waals surface area contributed by atoms with Gasteiger partial charge in [0.2, 0.25) is 0 Å². The summed E-state index contributed by atoms with van der Waals surface area (Å²) < 4.78 is 0. The number of rotatable bonds is 4. The Morgan fingerprint density at radius 1 is 0.857 bits per heavy atom. The Bertz CT molecular complexity index is 1160. The van der Waals surface area contributed by atoms with Crippen molar-refractivity contribution in [3.8, 4) is 0 Å². The molecule has 5 heteroatoms. The maximum atomic E-state index is 12.7. The maximum Gasteiger partial charge on any atom is 0.255 e. The fraction of sp³-hybridized carbons (Fsp3) is 0.0870. The second-order valence-electron chi connectivity index (χ2n) is 6.71. The largest absolute Gasteiger partial charge is 0.338 e. The van der Waals surface area contributed by atoms with E-state index in [-0.39, 0.29) is 5.91 Å². The van der Waals surface area contributed by atoms with Crippen molar-refractivity contribution in [3.63, 3.8) is 0 Å². The first-order chi connectivity index (χ1) is 13.6. The summed E-state index contributed by atoms with van der Waals surface area (Å²) in [6, 6.07) is 19.2. The number of aryl methyl sites for hydroxylation is 2. The lowest BCUT2D eigenvalue weighted by Crippen LogP contribution is -2.13. The molecule has 0 aliphatic heterocycles. The molecule has 5 nitrogen and oxygen atoms in total. The van der Waals surface area contributed by atoms with Crippen molar-refractivity contribution in [1.29, 1.82) is 0 Å². The van der Waals surface area contributed by atoms with Crippen molar-refractivity contribution >= 4 is 34.0 Å². The minimum atomic E-state index is -0.173. The van der Waals surface area contributed by atoms with Crippen LogP contribution in [0.5, 0.6) is 0 Å². The lowest BCUT2D eigenvalue weighted by molar-refractivity contribution is 0.102. The molecule has 2 heterocycles. The van der Waals surface area contributed by atoms with Crippen molar-refractivity contribution in [2.75, 3.05) is 10.6 Å². The van der Waals surface area contributed by atoms with Gasteiger partial charge in [0.1, 0.15) is 5.82 Å². The molecule has 4 aromatic rings. The molecule has 0 aliphatic rings. The number of carbonyl (C=O) groups excluding carboxylic acids is 1. The summed E-state index contributed by atoms with van der Waals surface area (Å²) in [6.45, 7) is 4.01. The Morgan fingerprint density at radius 3 is 2.57 bits per heavy atom. The zero-order valence-corrected chi connectivity index (χ0v) is 15.7. The third-order valence-electron chi connectivity index (χ3n) is 4.55. The van der Waals surface area contributed by atoms with Gasteiger partial charge in [0.25, 0.3) is 5.91 Å². The van der Waals surface area contributed by atoms with Gasteiger partial charge in [-0.25, -0.2) is 4.98 Å². The van der Waals surface area contributed by atoms with Crippen LogP contribution in [0.2, 0.25) is 0 Å². The molecule has 0 spiro atoms. The summed E-state index contributed by atoms with van der Waals surface area (Å²) in [6.07, 6.45) is 3.38. The van der Waals surface area contributed by atoms with Crippen LogP contribution in [0.4, 0.5) is 17.2 Å². The Kier molecular flexibility index (Phi) is 4.72. The average Bonchev–Trinajstić information content (AvgIpc) is 2.70. The van der Waals surface area contributed by atoms with E-state index in [0.717, 1.165) is 33.4 Å². The van der Waals surface area contributed by atoms with Crippen LogP contribution in [0.25, 0.3) is 10.9 Å². The molecule has 0 unspecified atom stereocenters. The summed E-state index contributed by atoms with van der Waals surface area (Å²) in [5, 5.41) is 7.28. The van der Waals surface area contributed by atoms with Crippen molar-refractivity contribution in [3.05, 3.63) is 89.7 Å². The highest BCUT2D eigenvalue weighted by Gasteiger charge is 2.10. The third kappa shape index (κ3) is 3.69. The molecular weight excluding hydrogens is 348 g/mol. The van der Waals surface area contributed by atoms with E-state index >= 15 is 0 Å². The molecule has 2 N–H and O–H groups in total. The van der Waals surface area contributed by atoms with E-state index in [1.165, 1.54) is 0 Å². The molecule has 1 amide bonds. The highest BCUT2D eigenvalue weighted by atomic mass is 16.1. The number of fused-ring (bicyclic) bond motifs is 1. The van der Waals surface area contributed by atoms with Gasteiger partial charge in [-0.1, -0.05) is 35.9 Å². The predicted octanol–water partition coefficient (Wildman–Crippen LogP) is 5.24. The first-order valence-electron chi connectivity index (χ1n) is 9.05. The third-order valence-corrected chi connectivity index (χ3v) is 4.55. The number of aromatic nitrogens is 2. The monoisotopic (exact) mass is 368 g/mol. The van der Waals surface area contributed by atoms with Gasteiger partial charge >= 0.3 is 0 Å². The van der Waals surface area contributed by atoms with Crippen LogP contribution in [0.15, 0.2) is 73.1 Å². The molecule has 4 rings (SSSR count). The highest BCUT2D eigenvalue weighted by molar-refractivity contribution is 6.05. The molecule has 0 saturated carbocycles. The molecule has 0 atom stereocenters. The van der Waals surface area contributed by atoms with Gasteiger partial charge in [-0.05, 0) is 49.7 Å². The van der Waals surface area contributed by atoms with E-state index in [0.29, 0.717) is 11.4 Å². The highest BCUT2D eigenvalue weighted by Crippen LogP contribution is 2.24. The molecule has 138 valence electrons. The number of hydrogen-bond acceptors (Lipinski definition) is 4. The van der Waals surface area contributed by atoms with Crippen LogP contribution in [0.3, 0.4) is 0 Å². The molecule has 0 bridgehead atoms. The number of nitrogens with zero attached hydrogens (tertiary/aromatic N) is 2. The lowest BCUT2D eigenvalue weighted by atomic mass is 10.1. The molecule has 28 heavy (non-hydrogen) atoms. The van der Waals surface area contributed by atoms with Crippen LogP contribution >= 0.6 is 0 Å². The van der Waals surface area contributed by atoms with Crippen molar-refractivity contribution in [2.45, 2.75) is 13.8 Å².